The molecule has 0 aliphatic carbocycles. The predicted molar refractivity (Wildman–Crippen MR) is 59.0 cm³/mol. The van der Waals surface area contributed by atoms with Crippen LogP contribution in [-0.2, 0) is 14.0 Å². The monoisotopic (exact) mass is 242 g/mol. The third kappa shape index (κ3) is 3.03. The van der Waals surface area contributed by atoms with Crippen LogP contribution in [0.3, 0.4) is 0 Å². The predicted octanol–water partition coefficient (Wildman–Crippen LogP) is 0.969. The van der Waals surface area contributed by atoms with E-state index >= 15 is 0 Å². The molecule has 1 aromatic carbocycles. The number of ether oxygens (including phenoxy) is 1. The van der Waals surface area contributed by atoms with Crippen LogP contribution in [-0.4, -0.2) is 34.0 Å². The molecule has 1 saturated heterocycles. The summed E-state index contributed by atoms with van der Waals surface area (Å²) in [4.78, 5) is 0. The lowest BCUT2D eigenvalue weighted by Crippen LogP contribution is -2.45. The Kier molecular flexibility index (Phi) is 4.09. The summed E-state index contributed by atoms with van der Waals surface area (Å²) in [6.07, 6.45) is 0. The first-order valence-electron chi connectivity index (χ1n) is 5.38. The van der Waals surface area contributed by atoms with Crippen LogP contribution < -0.4 is 5.46 Å². The van der Waals surface area contributed by atoms with E-state index in [-0.39, 0.29) is 5.92 Å². The van der Waals surface area contributed by atoms with Gasteiger partial charge in [-0.2, -0.15) is 0 Å². The summed E-state index contributed by atoms with van der Waals surface area (Å²) in [6, 6.07) is 3.62. The summed E-state index contributed by atoms with van der Waals surface area (Å²) in [6.45, 7) is 1.53. The van der Waals surface area contributed by atoms with Gasteiger partial charge in [0.2, 0.25) is 0 Å². The van der Waals surface area contributed by atoms with Crippen LogP contribution in [0.5, 0.6) is 0 Å². The van der Waals surface area contributed by atoms with Gasteiger partial charge < -0.3 is 14.0 Å². The van der Waals surface area contributed by atoms with Crippen molar-refractivity contribution in [2.75, 3.05) is 26.9 Å². The van der Waals surface area contributed by atoms with Gasteiger partial charge in [-0.25, -0.2) is 8.78 Å². The lowest BCUT2D eigenvalue weighted by Gasteiger charge is -2.26. The normalized spacial score (nSPS) is 17.5. The molecule has 1 aliphatic heterocycles. The molecule has 1 heterocycles. The fourth-order valence-corrected chi connectivity index (χ4v) is 1.73. The minimum Gasteiger partial charge on any atom is -0.407 e. The fourth-order valence-electron chi connectivity index (χ4n) is 1.73. The Morgan fingerprint density at radius 1 is 1.29 bits per heavy atom. The Morgan fingerprint density at radius 2 is 2.00 bits per heavy atom. The SMILES string of the molecule is COCC1COB(c2ccc(F)c(F)c2)OC1. The zero-order valence-electron chi connectivity index (χ0n) is 9.49. The largest absolute Gasteiger partial charge is 0.493 e. The second-order valence-electron chi connectivity index (χ2n) is 3.99. The van der Waals surface area contributed by atoms with Crippen molar-refractivity contribution in [2.24, 2.45) is 5.92 Å². The molecule has 1 fully saturated rings. The average Bonchev–Trinajstić information content (AvgIpc) is 2.34. The number of rotatable bonds is 3. The van der Waals surface area contributed by atoms with Gasteiger partial charge >= 0.3 is 7.12 Å². The van der Waals surface area contributed by atoms with Gasteiger partial charge in [-0.15, -0.1) is 0 Å². The maximum atomic E-state index is 13.0. The van der Waals surface area contributed by atoms with Crippen molar-refractivity contribution in [3.8, 4) is 0 Å². The first-order chi connectivity index (χ1) is 8.20. The minimum atomic E-state index is -0.895. The third-order valence-corrected chi connectivity index (χ3v) is 2.58. The molecule has 0 N–H and O–H groups in total. The number of methoxy groups -OCH3 is 1. The molecular formula is C11H13BF2O3. The van der Waals surface area contributed by atoms with Gasteiger partial charge in [0.05, 0.1) is 6.61 Å². The summed E-state index contributed by atoms with van der Waals surface area (Å²) >= 11 is 0. The molecule has 2 rings (SSSR count). The van der Waals surface area contributed by atoms with Crippen molar-refractivity contribution < 1.29 is 22.8 Å². The number of benzene rings is 1. The zero-order valence-corrected chi connectivity index (χ0v) is 9.49. The van der Waals surface area contributed by atoms with Crippen molar-refractivity contribution in [3.63, 3.8) is 0 Å². The molecule has 0 radical (unpaired) electrons. The summed E-state index contributed by atoms with van der Waals surface area (Å²) in [5, 5.41) is 0. The molecule has 0 spiro atoms. The lowest BCUT2D eigenvalue weighted by molar-refractivity contribution is 0.0363. The van der Waals surface area contributed by atoms with E-state index in [1.165, 1.54) is 6.07 Å². The Morgan fingerprint density at radius 3 is 2.59 bits per heavy atom. The van der Waals surface area contributed by atoms with Gasteiger partial charge in [-0.05, 0) is 17.6 Å². The molecule has 17 heavy (non-hydrogen) atoms. The summed E-state index contributed by atoms with van der Waals surface area (Å²) in [5.41, 5.74) is 0.486. The van der Waals surface area contributed by atoms with E-state index in [2.05, 4.69) is 0 Å². The van der Waals surface area contributed by atoms with Crippen LogP contribution in [0.15, 0.2) is 18.2 Å². The van der Waals surface area contributed by atoms with Gasteiger partial charge in [0.25, 0.3) is 0 Å². The van der Waals surface area contributed by atoms with Gasteiger partial charge in [-0.3, -0.25) is 0 Å². The minimum absolute atomic E-state index is 0.182. The van der Waals surface area contributed by atoms with Crippen molar-refractivity contribution in [1.82, 2.24) is 0 Å². The van der Waals surface area contributed by atoms with Crippen LogP contribution in [0.4, 0.5) is 8.78 Å². The molecule has 1 aromatic rings. The number of hydrogen-bond acceptors (Lipinski definition) is 3. The van der Waals surface area contributed by atoms with E-state index in [4.69, 9.17) is 14.0 Å². The first-order valence-corrected chi connectivity index (χ1v) is 5.38. The maximum Gasteiger partial charge on any atom is 0.493 e. The van der Waals surface area contributed by atoms with Crippen LogP contribution in [0.25, 0.3) is 0 Å². The highest BCUT2D eigenvalue weighted by atomic mass is 19.2. The smallest absolute Gasteiger partial charge is 0.407 e. The number of halogens is 2. The second kappa shape index (κ2) is 5.57. The molecule has 0 saturated carbocycles. The van der Waals surface area contributed by atoms with Crippen molar-refractivity contribution >= 4 is 12.6 Å². The van der Waals surface area contributed by atoms with Crippen LogP contribution in [0.1, 0.15) is 0 Å². The molecular weight excluding hydrogens is 229 g/mol. The highest BCUT2D eigenvalue weighted by molar-refractivity contribution is 6.61. The van der Waals surface area contributed by atoms with E-state index in [0.717, 1.165) is 12.1 Å². The molecule has 6 heteroatoms. The topological polar surface area (TPSA) is 27.7 Å². The Labute approximate surface area is 98.8 Å². The van der Waals surface area contributed by atoms with Crippen LogP contribution in [0.2, 0.25) is 0 Å². The van der Waals surface area contributed by atoms with Crippen molar-refractivity contribution in [1.29, 1.82) is 0 Å². The molecule has 1 aliphatic rings. The molecule has 0 unspecified atom stereocenters. The van der Waals surface area contributed by atoms with E-state index < -0.39 is 18.8 Å². The Balaban J connectivity index is 1.98. The highest BCUT2D eigenvalue weighted by Gasteiger charge is 2.29. The quantitative estimate of drug-likeness (QED) is 0.739. The summed E-state index contributed by atoms with van der Waals surface area (Å²) in [5.74, 6) is -1.59. The van der Waals surface area contributed by atoms with Gasteiger partial charge in [0.15, 0.2) is 11.6 Å². The van der Waals surface area contributed by atoms with Crippen molar-refractivity contribution in [3.05, 3.63) is 29.8 Å². The molecule has 92 valence electrons. The Bertz CT molecular complexity index is 381. The van der Waals surface area contributed by atoms with E-state index in [0.29, 0.717) is 25.3 Å². The standard InChI is InChI=1S/C11H13BF2O3/c1-15-5-8-6-16-12(17-7-8)9-2-3-10(13)11(14)4-9/h2-4,8H,5-7H2,1H3. The Hall–Kier alpha value is -0.975. The van der Waals surface area contributed by atoms with E-state index in [1.54, 1.807) is 7.11 Å². The van der Waals surface area contributed by atoms with E-state index in [9.17, 15) is 8.78 Å². The van der Waals surface area contributed by atoms with Crippen LogP contribution >= 0.6 is 0 Å². The summed E-state index contributed by atoms with van der Waals surface area (Å²) < 4.78 is 41.6. The highest BCUT2D eigenvalue weighted by Crippen LogP contribution is 2.10. The van der Waals surface area contributed by atoms with Crippen molar-refractivity contribution in [2.45, 2.75) is 0 Å². The molecule has 0 aromatic heterocycles. The number of hydrogen-bond donors (Lipinski definition) is 0. The molecule has 0 atom stereocenters. The van der Waals surface area contributed by atoms with Gasteiger partial charge in [-0.1, -0.05) is 6.07 Å². The van der Waals surface area contributed by atoms with Gasteiger partial charge in [0.1, 0.15) is 0 Å². The summed E-state index contributed by atoms with van der Waals surface area (Å²) in [7, 11) is 0.986. The fraction of sp³-hybridized carbons (Fsp3) is 0.455. The second-order valence-corrected chi connectivity index (χ2v) is 3.99. The lowest BCUT2D eigenvalue weighted by atomic mass is 9.77. The van der Waals surface area contributed by atoms with Crippen LogP contribution in [0, 0.1) is 17.6 Å². The molecule has 0 bridgehead atoms. The zero-order chi connectivity index (χ0) is 12.3. The van der Waals surface area contributed by atoms with E-state index in [1.807, 2.05) is 0 Å². The average molecular weight is 242 g/mol. The molecule has 3 nitrogen and oxygen atoms in total. The third-order valence-electron chi connectivity index (χ3n) is 2.58. The van der Waals surface area contributed by atoms with Gasteiger partial charge in [0, 0.05) is 26.2 Å². The molecule has 0 amide bonds. The maximum absolute atomic E-state index is 13.0. The first kappa shape index (κ1) is 12.5.